The number of aromatic nitrogens is 1. The molecule has 3 heterocycles. The number of Topliss-reactive ketones (excluding diaryl/α,β-unsaturated/α-hetero) is 1. The Labute approximate surface area is 209 Å². The third-order valence-corrected chi connectivity index (χ3v) is 7.70. The number of ketones is 1. The van der Waals surface area contributed by atoms with Gasteiger partial charge in [-0.3, -0.25) is 19.2 Å². The molecule has 5 unspecified atom stereocenters. The second kappa shape index (κ2) is 10.8. The number of fused-ring (bicyclic) bond motifs is 1. The smallest absolute Gasteiger partial charge is 0.339 e. The van der Waals surface area contributed by atoms with Gasteiger partial charge in [-0.2, -0.15) is 0 Å². The van der Waals surface area contributed by atoms with Crippen LogP contribution in [0.15, 0.2) is 6.07 Å². The standard InChI is InChI=1S/C25H34N4O7/c1-3-36-25(35)17-10-19(27-13(17)2)24(34)29-11-15-5-4-6-16(15)21(29)23(33)28-18(20(31)12-30)9-14-7-8-26-22(14)32/h10,14-16,18,21,27,30H,3-9,11-12H2,1-2H3,(H,26,32)(H,28,33). The highest BCUT2D eigenvalue weighted by molar-refractivity contribution is 6.01. The molecule has 1 aliphatic carbocycles. The molecular formula is C25H34N4O7. The lowest BCUT2D eigenvalue weighted by molar-refractivity contribution is -0.133. The summed E-state index contributed by atoms with van der Waals surface area (Å²) in [4.78, 5) is 68.3. The number of aryl methyl sites for hydroxylation is 1. The summed E-state index contributed by atoms with van der Waals surface area (Å²) in [6.45, 7) is 3.74. The van der Waals surface area contributed by atoms with Gasteiger partial charge in [0.2, 0.25) is 11.8 Å². The molecule has 11 nitrogen and oxygen atoms in total. The fourth-order valence-corrected chi connectivity index (χ4v) is 5.89. The van der Waals surface area contributed by atoms with Gasteiger partial charge in [-0.05, 0) is 57.4 Å². The minimum Gasteiger partial charge on any atom is -0.462 e. The van der Waals surface area contributed by atoms with Gasteiger partial charge < -0.3 is 30.4 Å². The average Bonchev–Trinajstić information content (AvgIpc) is 3.62. The van der Waals surface area contributed by atoms with Crippen LogP contribution in [0.4, 0.5) is 0 Å². The number of aliphatic hydroxyl groups is 1. The molecule has 4 rings (SSSR count). The Morgan fingerprint density at radius 1 is 1.25 bits per heavy atom. The highest BCUT2D eigenvalue weighted by Crippen LogP contribution is 2.43. The third kappa shape index (κ3) is 5.02. The van der Waals surface area contributed by atoms with Gasteiger partial charge in [0, 0.05) is 24.7 Å². The molecule has 3 amide bonds. The predicted octanol–water partition coefficient (Wildman–Crippen LogP) is 0.313. The number of H-pyrrole nitrogens is 1. The number of hydrogen-bond donors (Lipinski definition) is 4. The van der Waals surface area contributed by atoms with E-state index in [1.54, 1.807) is 13.8 Å². The van der Waals surface area contributed by atoms with Crippen molar-refractivity contribution in [2.75, 3.05) is 26.3 Å². The van der Waals surface area contributed by atoms with Crippen LogP contribution in [0.1, 0.15) is 65.6 Å². The third-order valence-electron chi connectivity index (χ3n) is 7.70. The monoisotopic (exact) mass is 502 g/mol. The highest BCUT2D eigenvalue weighted by Gasteiger charge is 2.50. The van der Waals surface area contributed by atoms with E-state index in [1.165, 1.54) is 11.0 Å². The molecule has 1 aromatic rings. The van der Waals surface area contributed by atoms with Crippen LogP contribution in [0.3, 0.4) is 0 Å². The second-order valence-corrected chi connectivity index (χ2v) is 9.90. The number of hydrogen-bond acceptors (Lipinski definition) is 7. The Balaban J connectivity index is 1.55. The lowest BCUT2D eigenvalue weighted by Gasteiger charge is -2.29. The number of carbonyl (C=O) groups excluding carboxylic acids is 5. The number of nitrogens with one attached hydrogen (secondary N) is 3. The zero-order chi connectivity index (χ0) is 26.0. The molecule has 196 valence electrons. The van der Waals surface area contributed by atoms with E-state index in [1.807, 2.05) is 0 Å². The summed E-state index contributed by atoms with van der Waals surface area (Å²) in [5.74, 6) is -2.44. The molecule has 1 aromatic heterocycles. The van der Waals surface area contributed by atoms with Gasteiger partial charge in [0.05, 0.1) is 18.2 Å². The van der Waals surface area contributed by atoms with Crippen molar-refractivity contribution in [3.8, 4) is 0 Å². The summed E-state index contributed by atoms with van der Waals surface area (Å²) in [6, 6.07) is -0.349. The molecule has 11 heteroatoms. The number of ether oxygens (including phenoxy) is 1. The quantitative estimate of drug-likeness (QED) is 0.354. The SMILES string of the molecule is CCOC(=O)c1cc(C(=O)N2CC3CCCC3C2C(=O)NC(CC2CCNC2=O)C(=O)CO)[nH]c1C. The minimum atomic E-state index is -1.02. The first-order valence-electron chi connectivity index (χ1n) is 12.6. The Morgan fingerprint density at radius 3 is 2.69 bits per heavy atom. The van der Waals surface area contributed by atoms with Gasteiger partial charge in [0.15, 0.2) is 5.78 Å². The molecule has 3 fully saturated rings. The summed E-state index contributed by atoms with van der Waals surface area (Å²) in [7, 11) is 0. The van der Waals surface area contributed by atoms with Crippen LogP contribution >= 0.6 is 0 Å². The van der Waals surface area contributed by atoms with Crippen molar-refractivity contribution in [2.45, 2.75) is 58.0 Å². The van der Waals surface area contributed by atoms with Crippen molar-refractivity contribution < 1.29 is 33.8 Å². The van der Waals surface area contributed by atoms with Gasteiger partial charge in [0.1, 0.15) is 18.3 Å². The number of carbonyl (C=O) groups is 5. The van der Waals surface area contributed by atoms with E-state index >= 15 is 0 Å². The van der Waals surface area contributed by atoms with E-state index in [0.29, 0.717) is 25.2 Å². The number of aliphatic hydroxyl groups excluding tert-OH is 1. The minimum absolute atomic E-state index is 0.0470. The Morgan fingerprint density at radius 2 is 2.03 bits per heavy atom. The maximum Gasteiger partial charge on any atom is 0.339 e. The summed E-state index contributed by atoms with van der Waals surface area (Å²) < 4.78 is 5.06. The van der Waals surface area contributed by atoms with Gasteiger partial charge in [-0.1, -0.05) is 6.42 Å². The number of rotatable bonds is 9. The number of nitrogens with zero attached hydrogens (tertiary/aromatic N) is 1. The molecule has 1 saturated carbocycles. The molecule has 2 aliphatic heterocycles. The highest BCUT2D eigenvalue weighted by atomic mass is 16.5. The van der Waals surface area contributed by atoms with Gasteiger partial charge in [0.25, 0.3) is 5.91 Å². The van der Waals surface area contributed by atoms with Crippen molar-refractivity contribution in [2.24, 2.45) is 17.8 Å². The molecule has 2 saturated heterocycles. The Hall–Kier alpha value is -3.21. The zero-order valence-corrected chi connectivity index (χ0v) is 20.7. The zero-order valence-electron chi connectivity index (χ0n) is 20.7. The maximum atomic E-state index is 13.6. The number of aromatic amines is 1. The summed E-state index contributed by atoms with van der Waals surface area (Å²) in [6.07, 6.45) is 3.30. The Bertz CT molecular complexity index is 1050. The summed E-state index contributed by atoms with van der Waals surface area (Å²) in [5.41, 5.74) is 0.962. The first-order valence-corrected chi connectivity index (χ1v) is 12.6. The van der Waals surface area contributed by atoms with Gasteiger partial charge in [-0.15, -0.1) is 0 Å². The van der Waals surface area contributed by atoms with E-state index < -0.39 is 48.2 Å². The van der Waals surface area contributed by atoms with Crippen molar-refractivity contribution in [1.82, 2.24) is 20.5 Å². The first kappa shape index (κ1) is 25.9. The second-order valence-electron chi connectivity index (χ2n) is 9.90. The van der Waals surface area contributed by atoms with Crippen LogP contribution in [-0.2, 0) is 19.1 Å². The van der Waals surface area contributed by atoms with E-state index in [0.717, 1.165) is 19.3 Å². The molecule has 5 atom stereocenters. The van der Waals surface area contributed by atoms with Crippen molar-refractivity contribution in [1.29, 1.82) is 0 Å². The van der Waals surface area contributed by atoms with Crippen LogP contribution in [0.25, 0.3) is 0 Å². The molecule has 0 aromatic carbocycles. The Kier molecular flexibility index (Phi) is 7.77. The van der Waals surface area contributed by atoms with Gasteiger partial charge >= 0.3 is 5.97 Å². The van der Waals surface area contributed by atoms with E-state index in [-0.39, 0.29) is 42.0 Å². The van der Waals surface area contributed by atoms with Crippen LogP contribution in [0.5, 0.6) is 0 Å². The normalized spacial score (nSPS) is 25.9. The van der Waals surface area contributed by atoms with E-state index in [2.05, 4.69) is 15.6 Å². The predicted molar refractivity (Wildman–Crippen MR) is 127 cm³/mol. The molecule has 3 aliphatic rings. The van der Waals surface area contributed by atoms with Crippen molar-refractivity contribution >= 4 is 29.5 Å². The lowest BCUT2D eigenvalue weighted by Crippen LogP contribution is -2.53. The number of esters is 1. The summed E-state index contributed by atoms with van der Waals surface area (Å²) in [5, 5.41) is 14.9. The lowest BCUT2D eigenvalue weighted by atomic mass is 9.92. The van der Waals surface area contributed by atoms with Crippen LogP contribution < -0.4 is 10.6 Å². The fraction of sp³-hybridized carbons (Fsp3) is 0.640. The maximum absolute atomic E-state index is 13.6. The van der Waals surface area contributed by atoms with Crippen LogP contribution in [-0.4, -0.2) is 82.9 Å². The molecule has 4 N–H and O–H groups in total. The molecule has 0 radical (unpaired) electrons. The fourth-order valence-electron chi connectivity index (χ4n) is 5.89. The van der Waals surface area contributed by atoms with Crippen molar-refractivity contribution in [3.63, 3.8) is 0 Å². The number of amides is 3. The molecule has 0 bridgehead atoms. The van der Waals surface area contributed by atoms with Crippen LogP contribution in [0, 0.1) is 24.7 Å². The van der Waals surface area contributed by atoms with E-state index in [9.17, 15) is 29.1 Å². The largest absolute Gasteiger partial charge is 0.462 e. The van der Waals surface area contributed by atoms with E-state index in [4.69, 9.17) is 4.74 Å². The number of likely N-dealkylation sites (tertiary alicyclic amines) is 1. The average molecular weight is 503 g/mol. The van der Waals surface area contributed by atoms with Crippen molar-refractivity contribution in [3.05, 3.63) is 23.0 Å². The van der Waals surface area contributed by atoms with Gasteiger partial charge in [-0.25, -0.2) is 4.79 Å². The summed E-state index contributed by atoms with van der Waals surface area (Å²) >= 11 is 0. The molecule has 36 heavy (non-hydrogen) atoms. The molecular weight excluding hydrogens is 468 g/mol. The molecule has 0 spiro atoms. The van der Waals surface area contributed by atoms with Crippen LogP contribution in [0.2, 0.25) is 0 Å². The first-order chi connectivity index (χ1) is 17.2. The topological polar surface area (TPSA) is 158 Å².